The van der Waals surface area contributed by atoms with Gasteiger partial charge < -0.3 is 5.11 Å². The smallest absolute Gasteiger partial charge is 0.307 e. The minimum atomic E-state index is -0.681. The van der Waals surface area contributed by atoms with Gasteiger partial charge in [-0.1, -0.05) is 31.5 Å². The number of aromatic nitrogens is 4. The zero-order valence-electron chi connectivity index (χ0n) is 12.3. The fourth-order valence-corrected chi connectivity index (χ4v) is 5.01. The molecule has 2 aliphatic carbocycles. The van der Waals surface area contributed by atoms with Crippen molar-refractivity contribution in [2.24, 2.45) is 11.8 Å². The summed E-state index contributed by atoms with van der Waals surface area (Å²) in [5, 5.41) is 22.4. The van der Waals surface area contributed by atoms with Crippen LogP contribution in [0.3, 0.4) is 0 Å². The van der Waals surface area contributed by atoms with E-state index in [1.807, 2.05) is 4.68 Å². The molecule has 3 atom stereocenters. The summed E-state index contributed by atoms with van der Waals surface area (Å²) in [6.07, 6.45) is 7.41. The molecule has 2 aliphatic rings. The third-order valence-electron chi connectivity index (χ3n) is 4.76. The maximum Gasteiger partial charge on any atom is 0.307 e. The molecule has 2 fully saturated rings. The van der Waals surface area contributed by atoms with Crippen LogP contribution in [0, 0.1) is 11.8 Å². The number of aliphatic carboxylic acids is 1. The maximum absolute atomic E-state index is 11.5. The molecule has 6 nitrogen and oxygen atoms in total. The molecule has 3 unspecified atom stereocenters. The number of carboxylic acids is 1. The summed E-state index contributed by atoms with van der Waals surface area (Å²) in [5.41, 5.74) is 0. The molecule has 116 valence electrons. The van der Waals surface area contributed by atoms with Gasteiger partial charge in [-0.2, -0.15) is 0 Å². The fourth-order valence-electron chi connectivity index (χ4n) is 3.52. The highest BCUT2D eigenvalue weighted by Gasteiger charge is 2.36. The lowest BCUT2D eigenvalue weighted by Crippen LogP contribution is -2.32. The maximum atomic E-state index is 11.5. The van der Waals surface area contributed by atoms with Crippen molar-refractivity contribution in [2.75, 3.05) is 0 Å². The summed E-state index contributed by atoms with van der Waals surface area (Å²) in [7, 11) is 0. The average molecular weight is 310 g/mol. The first kappa shape index (κ1) is 14.8. The van der Waals surface area contributed by atoms with E-state index >= 15 is 0 Å². The van der Waals surface area contributed by atoms with Gasteiger partial charge in [0.25, 0.3) is 0 Å². The van der Waals surface area contributed by atoms with E-state index in [4.69, 9.17) is 0 Å². The highest BCUT2D eigenvalue weighted by Crippen LogP contribution is 2.40. The molecule has 0 bridgehead atoms. The average Bonchev–Trinajstić information content (AvgIpc) is 3.08. The Morgan fingerprint density at radius 3 is 2.76 bits per heavy atom. The quantitative estimate of drug-likeness (QED) is 0.921. The minimum absolute atomic E-state index is 0.0809. The van der Waals surface area contributed by atoms with Crippen LogP contribution in [0.15, 0.2) is 5.16 Å². The largest absolute Gasteiger partial charge is 0.481 e. The van der Waals surface area contributed by atoms with Gasteiger partial charge in [-0.15, -0.1) is 5.10 Å². The van der Waals surface area contributed by atoms with Crippen molar-refractivity contribution in [3.05, 3.63) is 0 Å². The Kier molecular flexibility index (Phi) is 4.47. The second kappa shape index (κ2) is 6.34. The SMILES string of the molecule is CC1CCC(C(=O)O)C(Sc2nnnn2C2CCCC2)C1. The van der Waals surface area contributed by atoms with Gasteiger partial charge in [0.05, 0.1) is 12.0 Å². The summed E-state index contributed by atoms with van der Waals surface area (Å²) in [6, 6.07) is 0.395. The van der Waals surface area contributed by atoms with Crippen LogP contribution in [0.4, 0.5) is 0 Å². The standard InChI is InChI=1S/C14H22N4O2S/c1-9-6-7-11(13(19)20)12(8-9)21-14-15-16-17-18(14)10-4-2-3-5-10/h9-12H,2-8H2,1H3,(H,19,20). The molecule has 1 N–H and O–H groups in total. The number of carbonyl (C=O) groups is 1. The number of nitrogens with zero attached hydrogens (tertiary/aromatic N) is 4. The van der Waals surface area contributed by atoms with Gasteiger partial charge in [-0.05, 0) is 48.4 Å². The number of hydrogen-bond donors (Lipinski definition) is 1. The predicted octanol–water partition coefficient (Wildman–Crippen LogP) is 2.77. The Morgan fingerprint density at radius 2 is 2.05 bits per heavy atom. The third-order valence-corrected chi connectivity index (χ3v) is 6.06. The second-order valence-electron chi connectivity index (χ2n) is 6.36. The van der Waals surface area contributed by atoms with Gasteiger partial charge in [0, 0.05) is 5.25 Å². The first-order valence-corrected chi connectivity index (χ1v) is 8.70. The molecule has 0 saturated heterocycles. The molecular formula is C14H22N4O2S. The van der Waals surface area contributed by atoms with Crippen LogP contribution >= 0.6 is 11.8 Å². The number of carboxylic acid groups (broad SMARTS) is 1. The van der Waals surface area contributed by atoms with Crippen molar-refractivity contribution in [1.29, 1.82) is 0 Å². The number of rotatable bonds is 4. The number of hydrogen-bond acceptors (Lipinski definition) is 5. The first-order valence-electron chi connectivity index (χ1n) is 7.82. The Bertz CT molecular complexity index is 501. The van der Waals surface area contributed by atoms with E-state index in [9.17, 15) is 9.90 Å². The molecule has 0 amide bonds. The van der Waals surface area contributed by atoms with Crippen molar-refractivity contribution in [3.8, 4) is 0 Å². The molecule has 0 radical (unpaired) electrons. The molecule has 2 saturated carbocycles. The highest BCUT2D eigenvalue weighted by molar-refractivity contribution is 7.99. The van der Waals surface area contributed by atoms with Gasteiger partial charge in [0.1, 0.15) is 0 Å². The molecule has 1 aromatic heterocycles. The summed E-state index contributed by atoms with van der Waals surface area (Å²) in [5.74, 6) is -0.381. The lowest BCUT2D eigenvalue weighted by Gasteiger charge is -2.31. The van der Waals surface area contributed by atoms with E-state index in [0.717, 1.165) is 37.3 Å². The third kappa shape index (κ3) is 3.22. The van der Waals surface area contributed by atoms with E-state index in [0.29, 0.717) is 12.0 Å². The Labute approximate surface area is 128 Å². The monoisotopic (exact) mass is 310 g/mol. The number of tetrazole rings is 1. The van der Waals surface area contributed by atoms with Gasteiger partial charge in [0.2, 0.25) is 5.16 Å². The van der Waals surface area contributed by atoms with E-state index in [-0.39, 0.29) is 11.2 Å². The summed E-state index contributed by atoms with van der Waals surface area (Å²) < 4.78 is 1.93. The molecular weight excluding hydrogens is 288 g/mol. The highest BCUT2D eigenvalue weighted by atomic mass is 32.2. The molecule has 0 aliphatic heterocycles. The normalized spacial score (nSPS) is 30.6. The molecule has 3 rings (SSSR count). The van der Waals surface area contributed by atoms with Crippen LogP contribution < -0.4 is 0 Å². The Hall–Kier alpha value is -1.11. The summed E-state index contributed by atoms with van der Waals surface area (Å²) in [4.78, 5) is 11.5. The zero-order chi connectivity index (χ0) is 14.8. The molecule has 0 spiro atoms. The van der Waals surface area contributed by atoms with Crippen LogP contribution in [0.25, 0.3) is 0 Å². The lowest BCUT2D eigenvalue weighted by molar-refractivity contribution is -0.142. The first-order chi connectivity index (χ1) is 10.1. The van der Waals surface area contributed by atoms with Gasteiger partial charge in [-0.3, -0.25) is 4.79 Å². The number of thioether (sulfide) groups is 1. The van der Waals surface area contributed by atoms with Gasteiger partial charge >= 0.3 is 5.97 Å². The van der Waals surface area contributed by atoms with Crippen LogP contribution in [0.2, 0.25) is 0 Å². The van der Waals surface area contributed by atoms with Crippen LogP contribution in [-0.2, 0) is 4.79 Å². The Balaban J connectivity index is 1.75. The van der Waals surface area contributed by atoms with E-state index in [1.54, 1.807) is 11.8 Å². The van der Waals surface area contributed by atoms with Crippen LogP contribution in [0.1, 0.15) is 57.9 Å². The van der Waals surface area contributed by atoms with E-state index < -0.39 is 5.97 Å². The second-order valence-corrected chi connectivity index (χ2v) is 7.57. The lowest BCUT2D eigenvalue weighted by atomic mass is 9.82. The zero-order valence-corrected chi connectivity index (χ0v) is 13.1. The Morgan fingerprint density at radius 1 is 1.29 bits per heavy atom. The van der Waals surface area contributed by atoms with Crippen molar-refractivity contribution < 1.29 is 9.90 Å². The van der Waals surface area contributed by atoms with E-state index in [1.165, 1.54) is 12.8 Å². The summed E-state index contributed by atoms with van der Waals surface area (Å²) >= 11 is 1.57. The summed E-state index contributed by atoms with van der Waals surface area (Å²) in [6.45, 7) is 2.20. The molecule has 7 heteroatoms. The van der Waals surface area contributed by atoms with Crippen molar-refractivity contribution in [1.82, 2.24) is 20.2 Å². The van der Waals surface area contributed by atoms with Crippen molar-refractivity contribution in [3.63, 3.8) is 0 Å². The minimum Gasteiger partial charge on any atom is -0.481 e. The fraction of sp³-hybridized carbons (Fsp3) is 0.857. The van der Waals surface area contributed by atoms with Gasteiger partial charge in [0.15, 0.2) is 0 Å². The predicted molar refractivity (Wildman–Crippen MR) is 79.1 cm³/mol. The van der Waals surface area contributed by atoms with Crippen molar-refractivity contribution in [2.45, 2.75) is 68.3 Å². The van der Waals surface area contributed by atoms with Gasteiger partial charge in [-0.25, -0.2) is 4.68 Å². The molecule has 21 heavy (non-hydrogen) atoms. The van der Waals surface area contributed by atoms with Crippen LogP contribution in [-0.4, -0.2) is 36.5 Å². The molecule has 1 heterocycles. The van der Waals surface area contributed by atoms with E-state index in [2.05, 4.69) is 22.4 Å². The molecule has 0 aromatic carbocycles. The van der Waals surface area contributed by atoms with Crippen molar-refractivity contribution >= 4 is 17.7 Å². The van der Waals surface area contributed by atoms with Crippen LogP contribution in [0.5, 0.6) is 0 Å². The topological polar surface area (TPSA) is 80.9 Å². The molecule has 1 aromatic rings.